The molecule has 3 aliphatic carbocycles. The predicted octanol–water partition coefficient (Wildman–Crippen LogP) is 2.70. The number of nitrogens with one attached hydrogen (secondary N) is 1. The normalized spacial score (nSPS) is 31.4. The minimum absolute atomic E-state index is 0.190. The number of rotatable bonds is 5. The monoisotopic (exact) mass is 265 g/mol. The lowest BCUT2D eigenvalue weighted by Crippen LogP contribution is -2.43. The molecule has 1 spiro atoms. The first-order valence-corrected chi connectivity index (χ1v) is 8.36. The molecule has 3 saturated carbocycles. The van der Waals surface area contributed by atoms with Gasteiger partial charge in [-0.1, -0.05) is 0 Å². The van der Waals surface area contributed by atoms with E-state index in [0.717, 1.165) is 43.8 Å². The van der Waals surface area contributed by atoms with E-state index in [4.69, 9.17) is 9.47 Å². The van der Waals surface area contributed by atoms with Gasteiger partial charge in [-0.2, -0.15) is 0 Å². The first-order valence-electron chi connectivity index (χ1n) is 8.36. The van der Waals surface area contributed by atoms with Gasteiger partial charge in [-0.3, -0.25) is 0 Å². The van der Waals surface area contributed by atoms with Gasteiger partial charge in [-0.25, -0.2) is 0 Å². The second-order valence-electron chi connectivity index (χ2n) is 7.13. The minimum atomic E-state index is -0.190. The van der Waals surface area contributed by atoms with Crippen LogP contribution in [0.2, 0.25) is 0 Å². The molecule has 1 heterocycles. The molecule has 108 valence electrons. The van der Waals surface area contributed by atoms with Crippen LogP contribution in [0.1, 0.15) is 51.4 Å². The van der Waals surface area contributed by atoms with E-state index in [1.165, 1.54) is 45.1 Å². The molecule has 3 heteroatoms. The molecule has 4 fully saturated rings. The predicted molar refractivity (Wildman–Crippen MR) is 73.8 cm³/mol. The number of hydrogen-bond donors (Lipinski definition) is 1. The largest absolute Gasteiger partial charge is 0.348 e. The van der Waals surface area contributed by atoms with Crippen LogP contribution < -0.4 is 5.32 Å². The third-order valence-corrected chi connectivity index (χ3v) is 5.66. The Labute approximate surface area is 116 Å². The Morgan fingerprint density at radius 1 is 0.895 bits per heavy atom. The van der Waals surface area contributed by atoms with Crippen molar-refractivity contribution in [2.75, 3.05) is 19.8 Å². The van der Waals surface area contributed by atoms with E-state index in [2.05, 4.69) is 5.32 Å². The zero-order valence-electron chi connectivity index (χ0n) is 11.9. The van der Waals surface area contributed by atoms with E-state index < -0.39 is 0 Å². The Hall–Kier alpha value is -0.120. The van der Waals surface area contributed by atoms with Crippen molar-refractivity contribution in [2.45, 2.75) is 63.2 Å². The minimum Gasteiger partial charge on any atom is -0.348 e. The maximum Gasteiger partial charge on any atom is 0.168 e. The summed E-state index contributed by atoms with van der Waals surface area (Å²) in [6.45, 7) is 2.86. The van der Waals surface area contributed by atoms with E-state index in [0.29, 0.717) is 6.04 Å². The third kappa shape index (κ3) is 2.84. The molecule has 4 aliphatic rings. The van der Waals surface area contributed by atoms with Crippen molar-refractivity contribution in [2.24, 2.45) is 17.8 Å². The molecule has 0 aromatic rings. The van der Waals surface area contributed by atoms with Gasteiger partial charge in [0.25, 0.3) is 0 Å². The average Bonchev–Trinajstić information content (AvgIpc) is 3.34. The quantitative estimate of drug-likeness (QED) is 0.829. The van der Waals surface area contributed by atoms with Gasteiger partial charge in [0.05, 0.1) is 13.2 Å². The van der Waals surface area contributed by atoms with Crippen molar-refractivity contribution in [1.82, 2.24) is 5.32 Å². The van der Waals surface area contributed by atoms with E-state index in [-0.39, 0.29) is 5.79 Å². The highest BCUT2D eigenvalue weighted by atomic mass is 16.7. The molecule has 0 aromatic carbocycles. The van der Waals surface area contributed by atoms with Crippen LogP contribution in [0.5, 0.6) is 0 Å². The van der Waals surface area contributed by atoms with Crippen LogP contribution in [0.25, 0.3) is 0 Å². The summed E-state index contributed by atoms with van der Waals surface area (Å²) in [5.74, 6) is 2.94. The second-order valence-corrected chi connectivity index (χ2v) is 7.13. The smallest absolute Gasteiger partial charge is 0.168 e. The Morgan fingerprint density at radius 3 is 2.00 bits per heavy atom. The molecule has 1 saturated heterocycles. The van der Waals surface area contributed by atoms with Crippen molar-refractivity contribution in [3.8, 4) is 0 Å². The molecular formula is C16H27NO2. The standard InChI is InChI=1S/C16H27NO2/c1-2-12(1)15(13-3-4-13)11-17-14-5-7-16(8-6-14)18-9-10-19-16/h12-15,17H,1-11H2. The van der Waals surface area contributed by atoms with Gasteiger partial charge in [0.2, 0.25) is 0 Å². The van der Waals surface area contributed by atoms with Gasteiger partial charge in [0.15, 0.2) is 5.79 Å². The summed E-state index contributed by atoms with van der Waals surface area (Å²) in [5, 5.41) is 3.86. The van der Waals surface area contributed by atoms with Gasteiger partial charge in [0, 0.05) is 18.9 Å². The van der Waals surface area contributed by atoms with Gasteiger partial charge < -0.3 is 14.8 Å². The summed E-state index contributed by atoms with van der Waals surface area (Å²) >= 11 is 0. The SMILES string of the molecule is C1COC2(CCC(NCC(C3CC3)C3CC3)CC2)O1. The first-order chi connectivity index (χ1) is 9.35. The van der Waals surface area contributed by atoms with Crippen LogP contribution in [-0.4, -0.2) is 31.6 Å². The van der Waals surface area contributed by atoms with Crippen molar-refractivity contribution in [3.63, 3.8) is 0 Å². The molecule has 1 N–H and O–H groups in total. The molecule has 0 radical (unpaired) electrons. The molecule has 1 aliphatic heterocycles. The van der Waals surface area contributed by atoms with Crippen LogP contribution in [0, 0.1) is 17.8 Å². The highest BCUT2D eigenvalue weighted by molar-refractivity contribution is 4.93. The number of hydrogen-bond acceptors (Lipinski definition) is 3. The fraction of sp³-hybridized carbons (Fsp3) is 1.00. The first kappa shape index (κ1) is 12.6. The molecule has 0 bridgehead atoms. The van der Waals surface area contributed by atoms with Gasteiger partial charge in [-0.05, 0) is 62.8 Å². The Balaban J connectivity index is 1.23. The Bertz CT molecular complexity index is 297. The van der Waals surface area contributed by atoms with Crippen LogP contribution in [-0.2, 0) is 9.47 Å². The highest BCUT2D eigenvalue weighted by Crippen LogP contribution is 2.49. The van der Waals surface area contributed by atoms with Crippen LogP contribution in [0.15, 0.2) is 0 Å². The zero-order valence-corrected chi connectivity index (χ0v) is 11.9. The highest BCUT2D eigenvalue weighted by Gasteiger charge is 2.43. The van der Waals surface area contributed by atoms with E-state index >= 15 is 0 Å². The Morgan fingerprint density at radius 2 is 1.47 bits per heavy atom. The van der Waals surface area contributed by atoms with Gasteiger partial charge in [-0.15, -0.1) is 0 Å². The Kier molecular flexibility index (Phi) is 3.33. The molecular weight excluding hydrogens is 238 g/mol. The molecule has 0 unspecified atom stereocenters. The van der Waals surface area contributed by atoms with Crippen molar-refractivity contribution in [3.05, 3.63) is 0 Å². The maximum absolute atomic E-state index is 5.80. The fourth-order valence-electron chi connectivity index (χ4n) is 4.12. The molecule has 4 rings (SSSR count). The summed E-state index contributed by atoms with van der Waals surface area (Å²) in [5.41, 5.74) is 0. The van der Waals surface area contributed by atoms with Crippen LogP contribution in [0.4, 0.5) is 0 Å². The summed E-state index contributed by atoms with van der Waals surface area (Å²) in [6, 6.07) is 0.707. The van der Waals surface area contributed by atoms with Crippen LogP contribution in [0.3, 0.4) is 0 Å². The van der Waals surface area contributed by atoms with E-state index in [1.54, 1.807) is 0 Å². The molecule has 0 aromatic heterocycles. The van der Waals surface area contributed by atoms with Crippen molar-refractivity contribution < 1.29 is 9.47 Å². The lowest BCUT2D eigenvalue weighted by molar-refractivity contribution is -0.179. The van der Waals surface area contributed by atoms with E-state index in [9.17, 15) is 0 Å². The lowest BCUT2D eigenvalue weighted by atomic mass is 9.89. The zero-order chi connectivity index (χ0) is 12.7. The topological polar surface area (TPSA) is 30.5 Å². The number of ether oxygens (including phenoxy) is 2. The van der Waals surface area contributed by atoms with Crippen molar-refractivity contribution >= 4 is 0 Å². The summed E-state index contributed by atoms with van der Waals surface area (Å²) in [7, 11) is 0. The molecule has 19 heavy (non-hydrogen) atoms. The van der Waals surface area contributed by atoms with Gasteiger partial charge >= 0.3 is 0 Å². The van der Waals surface area contributed by atoms with Gasteiger partial charge in [0.1, 0.15) is 0 Å². The van der Waals surface area contributed by atoms with Crippen LogP contribution >= 0.6 is 0 Å². The van der Waals surface area contributed by atoms with E-state index in [1.807, 2.05) is 0 Å². The fourth-order valence-corrected chi connectivity index (χ4v) is 4.12. The summed E-state index contributed by atoms with van der Waals surface area (Å²) < 4.78 is 11.6. The summed E-state index contributed by atoms with van der Waals surface area (Å²) in [6.07, 6.45) is 10.6. The lowest BCUT2D eigenvalue weighted by Gasteiger charge is -2.36. The maximum atomic E-state index is 5.80. The molecule has 3 nitrogen and oxygen atoms in total. The molecule has 0 amide bonds. The molecule has 0 atom stereocenters. The average molecular weight is 265 g/mol. The van der Waals surface area contributed by atoms with Crippen molar-refractivity contribution in [1.29, 1.82) is 0 Å². The third-order valence-electron chi connectivity index (χ3n) is 5.66. The second kappa shape index (κ2) is 5.01. The summed E-state index contributed by atoms with van der Waals surface area (Å²) in [4.78, 5) is 0.